The maximum atomic E-state index is 12.3. The van der Waals surface area contributed by atoms with Gasteiger partial charge in [-0.25, -0.2) is 0 Å². The minimum absolute atomic E-state index is 0.0432. The molecule has 1 amide bonds. The summed E-state index contributed by atoms with van der Waals surface area (Å²) in [6.07, 6.45) is 0. The van der Waals surface area contributed by atoms with Gasteiger partial charge in [-0.1, -0.05) is 50.2 Å². The van der Waals surface area contributed by atoms with Crippen LogP contribution >= 0.6 is 0 Å². The van der Waals surface area contributed by atoms with Crippen LogP contribution < -0.4 is 11.1 Å². The first-order valence-corrected chi connectivity index (χ1v) is 6.49. The molecule has 0 heterocycles. The zero-order valence-electron chi connectivity index (χ0n) is 11.4. The van der Waals surface area contributed by atoms with Crippen LogP contribution in [-0.4, -0.2) is 19.0 Å². The summed E-state index contributed by atoms with van der Waals surface area (Å²) < 4.78 is 0. The summed E-state index contributed by atoms with van der Waals surface area (Å²) in [5.74, 6) is -0.0432. The Bertz CT molecular complexity index is 585. The lowest BCUT2D eigenvalue weighted by molar-refractivity contribution is 0.0939. The van der Waals surface area contributed by atoms with Gasteiger partial charge in [-0.3, -0.25) is 4.79 Å². The number of carbonyl (C=O) groups is 1. The number of hydrogen-bond donors (Lipinski definition) is 2. The fraction of sp³-hybridized carbons (Fsp3) is 0.312. The van der Waals surface area contributed by atoms with Crippen molar-refractivity contribution in [1.29, 1.82) is 0 Å². The quantitative estimate of drug-likeness (QED) is 0.883. The smallest absolute Gasteiger partial charge is 0.251 e. The van der Waals surface area contributed by atoms with Crippen LogP contribution in [-0.2, 0) is 0 Å². The topological polar surface area (TPSA) is 55.1 Å². The fourth-order valence-electron chi connectivity index (χ4n) is 1.91. The molecule has 0 spiro atoms. The van der Waals surface area contributed by atoms with E-state index in [0.717, 1.165) is 10.8 Å². The Morgan fingerprint density at radius 1 is 1.16 bits per heavy atom. The summed E-state index contributed by atoms with van der Waals surface area (Å²) in [5.41, 5.74) is 6.30. The summed E-state index contributed by atoms with van der Waals surface area (Å²) in [4.78, 5) is 12.3. The summed E-state index contributed by atoms with van der Waals surface area (Å²) in [5, 5.41) is 5.02. The van der Waals surface area contributed by atoms with Crippen LogP contribution in [0.2, 0.25) is 0 Å². The summed E-state index contributed by atoms with van der Waals surface area (Å²) in [6, 6.07) is 13.7. The van der Waals surface area contributed by atoms with Gasteiger partial charge in [0.15, 0.2) is 0 Å². The standard InChI is InChI=1S/C16H20N2O/c1-16(2,10-17)11-18-15(19)14-9-5-7-12-6-3-4-8-13(12)14/h3-9H,10-11,17H2,1-2H3,(H,18,19). The molecule has 0 saturated heterocycles. The predicted octanol–water partition coefficient (Wildman–Crippen LogP) is 2.55. The van der Waals surface area contributed by atoms with E-state index in [1.165, 1.54) is 0 Å². The van der Waals surface area contributed by atoms with E-state index in [4.69, 9.17) is 5.73 Å². The minimum Gasteiger partial charge on any atom is -0.351 e. The molecule has 3 N–H and O–H groups in total. The number of benzene rings is 2. The van der Waals surface area contributed by atoms with Crippen molar-refractivity contribution >= 4 is 16.7 Å². The van der Waals surface area contributed by atoms with Gasteiger partial charge in [0.2, 0.25) is 0 Å². The molecular weight excluding hydrogens is 236 g/mol. The van der Waals surface area contributed by atoms with E-state index >= 15 is 0 Å². The van der Waals surface area contributed by atoms with Gasteiger partial charge < -0.3 is 11.1 Å². The largest absolute Gasteiger partial charge is 0.351 e. The van der Waals surface area contributed by atoms with Gasteiger partial charge in [-0.2, -0.15) is 0 Å². The number of amides is 1. The second-order valence-electron chi connectivity index (χ2n) is 5.58. The van der Waals surface area contributed by atoms with Crippen molar-refractivity contribution in [3.05, 3.63) is 48.0 Å². The highest BCUT2D eigenvalue weighted by Gasteiger charge is 2.17. The predicted molar refractivity (Wildman–Crippen MR) is 79.1 cm³/mol. The van der Waals surface area contributed by atoms with Gasteiger partial charge in [0.05, 0.1) is 0 Å². The van der Waals surface area contributed by atoms with Crippen molar-refractivity contribution in [2.24, 2.45) is 11.1 Å². The number of rotatable bonds is 4. The fourth-order valence-corrected chi connectivity index (χ4v) is 1.91. The van der Waals surface area contributed by atoms with E-state index in [0.29, 0.717) is 18.7 Å². The molecule has 2 aromatic carbocycles. The average Bonchev–Trinajstić information content (AvgIpc) is 2.44. The average molecular weight is 256 g/mol. The SMILES string of the molecule is CC(C)(CN)CNC(=O)c1cccc2ccccc12. The molecule has 0 atom stereocenters. The molecule has 0 bridgehead atoms. The van der Waals surface area contributed by atoms with Crippen LogP contribution in [0.1, 0.15) is 24.2 Å². The van der Waals surface area contributed by atoms with Crippen LogP contribution in [0.15, 0.2) is 42.5 Å². The van der Waals surface area contributed by atoms with E-state index in [2.05, 4.69) is 5.32 Å². The van der Waals surface area contributed by atoms with Crippen molar-refractivity contribution in [1.82, 2.24) is 5.32 Å². The van der Waals surface area contributed by atoms with E-state index < -0.39 is 0 Å². The maximum Gasteiger partial charge on any atom is 0.251 e. The van der Waals surface area contributed by atoms with Crippen molar-refractivity contribution in [2.45, 2.75) is 13.8 Å². The van der Waals surface area contributed by atoms with E-state index in [1.807, 2.05) is 56.3 Å². The summed E-state index contributed by atoms with van der Waals surface area (Å²) in [7, 11) is 0. The highest BCUT2D eigenvalue weighted by molar-refractivity contribution is 6.06. The zero-order valence-corrected chi connectivity index (χ0v) is 11.4. The summed E-state index contributed by atoms with van der Waals surface area (Å²) in [6.45, 7) is 5.20. The van der Waals surface area contributed by atoms with Crippen molar-refractivity contribution in [2.75, 3.05) is 13.1 Å². The van der Waals surface area contributed by atoms with Gasteiger partial charge in [-0.05, 0) is 28.8 Å². The van der Waals surface area contributed by atoms with E-state index in [1.54, 1.807) is 0 Å². The van der Waals surface area contributed by atoms with Crippen molar-refractivity contribution in [3.8, 4) is 0 Å². The molecule has 0 aliphatic heterocycles. The Morgan fingerprint density at radius 2 is 1.84 bits per heavy atom. The normalized spacial score (nSPS) is 11.5. The lowest BCUT2D eigenvalue weighted by Gasteiger charge is -2.22. The lowest BCUT2D eigenvalue weighted by Crippen LogP contribution is -2.38. The number of nitrogens with two attached hydrogens (primary N) is 1. The third-order valence-electron chi connectivity index (χ3n) is 3.31. The van der Waals surface area contributed by atoms with Gasteiger partial charge in [0.25, 0.3) is 5.91 Å². The van der Waals surface area contributed by atoms with Gasteiger partial charge in [0.1, 0.15) is 0 Å². The van der Waals surface area contributed by atoms with Crippen molar-refractivity contribution < 1.29 is 4.79 Å². The number of nitrogens with one attached hydrogen (secondary N) is 1. The maximum absolute atomic E-state index is 12.3. The number of carbonyl (C=O) groups excluding carboxylic acids is 1. The Hall–Kier alpha value is -1.87. The third-order valence-corrected chi connectivity index (χ3v) is 3.31. The number of fused-ring (bicyclic) bond motifs is 1. The first-order valence-electron chi connectivity index (χ1n) is 6.49. The third kappa shape index (κ3) is 3.12. The van der Waals surface area contributed by atoms with Crippen LogP contribution in [0.3, 0.4) is 0 Å². The van der Waals surface area contributed by atoms with Crippen LogP contribution in [0.25, 0.3) is 10.8 Å². The lowest BCUT2D eigenvalue weighted by atomic mass is 9.93. The molecule has 19 heavy (non-hydrogen) atoms. The van der Waals surface area contributed by atoms with Gasteiger partial charge in [-0.15, -0.1) is 0 Å². The molecule has 100 valence electrons. The molecule has 0 radical (unpaired) electrons. The molecule has 3 heteroatoms. The van der Waals surface area contributed by atoms with Crippen LogP contribution in [0.4, 0.5) is 0 Å². The first-order chi connectivity index (χ1) is 9.03. The Balaban J connectivity index is 2.23. The monoisotopic (exact) mass is 256 g/mol. The van der Waals surface area contributed by atoms with Gasteiger partial charge in [0, 0.05) is 12.1 Å². The molecule has 0 aliphatic carbocycles. The molecule has 0 fully saturated rings. The van der Waals surface area contributed by atoms with Crippen molar-refractivity contribution in [3.63, 3.8) is 0 Å². The van der Waals surface area contributed by atoms with Gasteiger partial charge >= 0.3 is 0 Å². The molecular formula is C16H20N2O. The first kappa shape index (κ1) is 13.6. The molecule has 2 aromatic rings. The second-order valence-corrected chi connectivity index (χ2v) is 5.58. The summed E-state index contributed by atoms with van der Waals surface area (Å²) >= 11 is 0. The molecule has 3 nitrogen and oxygen atoms in total. The molecule has 0 saturated carbocycles. The highest BCUT2D eigenvalue weighted by atomic mass is 16.1. The molecule has 0 unspecified atom stereocenters. The zero-order chi connectivity index (χ0) is 13.9. The molecule has 0 aromatic heterocycles. The molecule has 0 aliphatic rings. The van der Waals surface area contributed by atoms with E-state index in [-0.39, 0.29) is 11.3 Å². The Labute approximate surface area is 113 Å². The second kappa shape index (κ2) is 5.41. The van der Waals surface area contributed by atoms with Crippen LogP contribution in [0.5, 0.6) is 0 Å². The number of hydrogen-bond acceptors (Lipinski definition) is 2. The Kier molecular flexibility index (Phi) is 3.86. The van der Waals surface area contributed by atoms with Crippen LogP contribution in [0, 0.1) is 5.41 Å². The minimum atomic E-state index is -0.0831. The highest BCUT2D eigenvalue weighted by Crippen LogP contribution is 2.19. The molecule has 2 rings (SSSR count). The van der Waals surface area contributed by atoms with E-state index in [9.17, 15) is 4.79 Å². The Morgan fingerprint density at radius 3 is 2.58 bits per heavy atom.